The van der Waals surface area contributed by atoms with Crippen LogP contribution in [0, 0.1) is 5.92 Å². The Morgan fingerprint density at radius 3 is 2.61 bits per heavy atom. The van der Waals surface area contributed by atoms with Crippen LogP contribution in [0.4, 0.5) is 0 Å². The summed E-state index contributed by atoms with van der Waals surface area (Å²) in [6.45, 7) is 2.28. The quantitative estimate of drug-likeness (QED) is 0.654. The van der Waals surface area contributed by atoms with Gasteiger partial charge in [0.05, 0.1) is 6.10 Å². The van der Waals surface area contributed by atoms with Gasteiger partial charge >= 0.3 is 0 Å². The molecule has 0 aliphatic heterocycles. The monoisotopic (exact) mass is 330 g/mol. The predicted molar refractivity (Wildman–Crippen MR) is 80.7 cm³/mol. The number of rotatable bonds is 4. The van der Waals surface area contributed by atoms with Gasteiger partial charge in [-0.2, -0.15) is 0 Å². The number of hydrogen-bond acceptors (Lipinski definition) is 1. The molecule has 0 N–H and O–H groups in total. The van der Waals surface area contributed by atoms with Gasteiger partial charge in [0.2, 0.25) is 0 Å². The van der Waals surface area contributed by atoms with Crippen molar-refractivity contribution in [3.05, 3.63) is 28.8 Å². The van der Waals surface area contributed by atoms with Crippen molar-refractivity contribution >= 4 is 27.5 Å². The Bertz CT molecular complexity index is 386. The van der Waals surface area contributed by atoms with Crippen molar-refractivity contribution < 1.29 is 4.74 Å². The Kier molecular flexibility index (Phi) is 5.38. The molecule has 0 amide bonds. The second-order valence-corrected chi connectivity index (χ2v) is 5.99. The summed E-state index contributed by atoms with van der Waals surface area (Å²) in [7, 11) is 0. The summed E-state index contributed by atoms with van der Waals surface area (Å²) in [5.74, 6) is 1.85. The maximum absolute atomic E-state index is 6.18. The zero-order valence-electron chi connectivity index (χ0n) is 10.8. The van der Waals surface area contributed by atoms with Crippen molar-refractivity contribution in [1.29, 1.82) is 0 Å². The molecule has 1 saturated carbocycles. The van der Waals surface area contributed by atoms with Crippen LogP contribution in [-0.4, -0.2) is 6.10 Å². The van der Waals surface area contributed by atoms with Gasteiger partial charge in [-0.25, -0.2) is 0 Å². The summed E-state index contributed by atoms with van der Waals surface area (Å²) >= 11 is 9.66. The van der Waals surface area contributed by atoms with Gasteiger partial charge in [0.15, 0.2) is 0 Å². The van der Waals surface area contributed by atoms with Crippen LogP contribution in [0.3, 0.4) is 0 Å². The topological polar surface area (TPSA) is 9.23 Å². The third-order valence-electron chi connectivity index (χ3n) is 3.87. The highest BCUT2D eigenvalue weighted by molar-refractivity contribution is 9.08. The lowest BCUT2D eigenvalue weighted by molar-refractivity contribution is 0.129. The Balaban J connectivity index is 2.00. The van der Waals surface area contributed by atoms with Gasteiger partial charge in [0.1, 0.15) is 5.75 Å². The lowest BCUT2D eigenvalue weighted by Crippen LogP contribution is -2.24. The van der Waals surface area contributed by atoms with Crippen molar-refractivity contribution in [2.24, 2.45) is 5.92 Å². The van der Waals surface area contributed by atoms with Gasteiger partial charge in [-0.1, -0.05) is 46.9 Å². The van der Waals surface area contributed by atoms with E-state index in [0.717, 1.165) is 27.6 Å². The minimum Gasteiger partial charge on any atom is -0.490 e. The van der Waals surface area contributed by atoms with Crippen LogP contribution in [0.15, 0.2) is 18.2 Å². The van der Waals surface area contributed by atoms with Gasteiger partial charge in [-0.3, -0.25) is 0 Å². The zero-order valence-corrected chi connectivity index (χ0v) is 13.1. The van der Waals surface area contributed by atoms with Crippen molar-refractivity contribution in [1.82, 2.24) is 0 Å². The largest absolute Gasteiger partial charge is 0.490 e. The zero-order chi connectivity index (χ0) is 13.0. The first-order valence-electron chi connectivity index (χ1n) is 6.74. The van der Waals surface area contributed by atoms with Crippen LogP contribution >= 0.6 is 27.5 Å². The van der Waals surface area contributed by atoms with E-state index in [-0.39, 0.29) is 0 Å². The molecule has 0 heterocycles. The third kappa shape index (κ3) is 3.42. The van der Waals surface area contributed by atoms with Gasteiger partial charge in [0, 0.05) is 15.9 Å². The third-order valence-corrected chi connectivity index (χ3v) is 4.79. The molecule has 0 spiro atoms. The Hall–Kier alpha value is -0.210. The molecule has 100 valence electrons. The maximum Gasteiger partial charge on any atom is 0.125 e. The van der Waals surface area contributed by atoms with Crippen molar-refractivity contribution in [3.8, 4) is 5.75 Å². The normalized spacial score (nSPS) is 23.9. The van der Waals surface area contributed by atoms with Gasteiger partial charge in [-0.05, 0) is 43.7 Å². The standard InChI is InChI=1S/C15H20BrClO/c1-2-11-6-8-12(9-7-11)18-15-5-3-4-14(17)13(15)10-16/h3-5,11-12H,2,6-10H2,1H3. The van der Waals surface area contributed by atoms with E-state index in [9.17, 15) is 0 Å². The molecule has 1 nitrogen and oxygen atoms in total. The molecule has 0 unspecified atom stereocenters. The molecular formula is C15H20BrClO. The number of halogens is 2. The minimum atomic E-state index is 0.365. The summed E-state index contributed by atoms with van der Waals surface area (Å²) in [4.78, 5) is 0. The summed E-state index contributed by atoms with van der Waals surface area (Å²) in [5.41, 5.74) is 1.07. The summed E-state index contributed by atoms with van der Waals surface area (Å²) < 4.78 is 6.14. The van der Waals surface area contributed by atoms with Crippen LogP contribution in [0.25, 0.3) is 0 Å². The number of hydrogen-bond donors (Lipinski definition) is 0. The van der Waals surface area contributed by atoms with E-state index in [2.05, 4.69) is 22.9 Å². The molecule has 1 aromatic rings. The van der Waals surface area contributed by atoms with Gasteiger partial charge in [-0.15, -0.1) is 0 Å². The average Bonchev–Trinajstić information content (AvgIpc) is 2.40. The van der Waals surface area contributed by atoms with E-state index in [0.29, 0.717) is 6.10 Å². The van der Waals surface area contributed by atoms with Crippen LogP contribution < -0.4 is 4.74 Å². The Morgan fingerprint density at radius 1 is 1.28 bits per heavy atom. The van der Waals surface area contributed by atoms with Gasteiger partial charge in [0.25, 0.3) is 0 Å². The lowest BCUT2D eigenvalue weighted by Gasteiger charge is -2.29. The van der Waals surface area contributed by atoms with E-state index in [1.807, 2.05) is 18.2 Å². The lowest BCUT2D eigenvalue weighted by atomic mass is 9.86. The average molecular weight is 332 g/mol. The summed E-state index contributed by atoms with van der Waals surface area (Å²) in [6, 6.07) is 5.90. The van der Waals surface area contributed by atoms with E-state index in [1.54, 1.807) is 0 Å². The van der Waals surface area contributed by atoms with E-state index >= 15 is 0 Å². The van der Waals surface area contributed by atoms with Crippen LogP contribution in [0.5, 0.6) is 5.75 Å². The highest BCUT2D eigenvalue weighted by atomic mass is 79.9. The van der Waals surface area contributed by atoms with E-state index < -0.39 is 0 Å². The second kappa shape index (κ2) is 6.81. The first-order valence-corrected chi connectivity index (χ1v) is 8.24. The minimum absolute atomic E-state index is 0.365. The second-order valence-electron chi connectivity index (χ2n) is 5.02. The number of ether oxygens (including phenoxy) is 1. The van der Waals surface area contributed by atoms with Crippen LogP contribution in [0.1, 0.15) is 44.6 Å². The molecule has 1 aliphatic carbocycles. The Labute approximate surface area is 123 Å². The molecule has 0 radical (unpaired) electrons. The van der Waals surface area contributed by atoms with Crippen molar-refractivity contribution in [2.45, 2.75) is 50.5 Å². The molecule has 1 aliphatic rings. The summed E-state index contributed by atoms with van der Waals surface area (Å²) in [6.07, 6.45) is 6.61. The number of alkyl halides is 1. The van der Waals surface area contributed by atoms with Crippen LogP contribution in [0.2, 0.25) is 5.02 Å². The molecule has 3 heteroatoms. The Morgan fingerprint density at radius 2 is 2.00 bits per heavy atom. The van der Waals surface area contributed by atoms with Crippen molar-refractivity contribution in [2.75, 3.05) is 0 Å². The van der Waals surface area contributed by atoms with Gasteiger partial charge < -0.3 is 4.74 Å². The molecule has 1 fully saturated rings. The molecule has 1 aromatic carbocycles. The molecule has 0 atom stereocenters. The molecular weight excluding hydrogens is 312 g/mol. The van der Waals surface area contributed by atoms with Crippen LogP contribution in [-0.2, 0) is 5.33 Å². The molecule has 0 bridgehead atoms. The fourth-order valence-electron chi connectivity index (χ4n) is 2.62. The molecule has 0 saturated heterocycles. The fraction of sp³-hybridized carbons (Fsp3) is 0.600. The predicted octanol–water partition coefficient (Wildman–Crippen LogP) is 5.58. The maximum atomic E-state index is 6.18. The molecule has 18 heavy (non-hydrogen) atoms. The highest BCUT2D eigenvalue weighted by Gasteiger charge is 2.22. The van der Waals surface area contributed by atoms with E-state index in [4.69, 9.17) is 16.3 Å². The molecule has 2 rings (SSSR count). The first kappa shape index (κ1) is 14.2. The first-order chi connectivity index (χ1) is 8.74. The van der Waals surface area contributed by atoms with E-state index in [1.165, 1.54) is 32.1 Å². The molecule has 0 aromatic heterocycles. The SMILES string of the molecule is CCC1CCC(Oc2cccc(Cl)c2CBr)CC1. The highest BCUT2D eigenvalue weighted by Crippen LogP contribution is 2.33. The van der Waals surface area contributed by atoms with Crippen molar-refractivity contribution in [3.63, 3.8) is 0 Å². The smallest absolute Gasteiger partial charge is 0.125 e. The fourth-order valence-corrected chi connectivity index (χ4v) is 3.59. The summed E-state index contributed by atoms with van der Waals surface area (Å²) in [5, 5.41) is 1.53. The number of benzene rings is 1.